The molecule has 0 N–H and O–H groups in total. The average Bonchev–Trinajstić information content (AvgIpc) is 2.63. The molecule has 26 heavy (non-hydrogen) atoms. The summed E-state index contributed by atoms with van der Waals surface area (Å²) in [7, 11) is 1.70. The van der Waals surface area contributed by atoms with Gasteiger partial charge in [0.15, 0.2) is 5.78 Å². The summed E-state index contributed by atoms with van der Waals surface area (Å²) in [4.78, 5) is 26.7. The maximum atomic E-state index is 12.7. The molecule has 0 fully saturated rings. The third-order valence-electron chi connectivity index (χ3n) is 4.91. The fourth-order valence-electron chi connectivity index (χ4n) is 2.80. The van der Waals surface area contributed by atoms with Crippen molar-refractivity contribution in [3.63, 3.8) is 0 Å². The molecule has 0 saturated carbocycles. The number of benzene rings is 2. The lowest BCUT2D eigenvalue weighted by Gasteiger charge is -2.24. The minimum atomic E-state index is -0.472. The Balaban J connectivity index is 1.90. The van der Waals surface area contributed by atoms with Gasteiger partial charge in [-0.15, -0.1) is 0 Å². The summed E-state index contributed by atoms with van der Waals surface area (Å²) >= 11 is 5.88. The first kappa shape index (κ1) is 20.2. The predicted molar refractivity (Wildman–Crippen MR) is 107 cm³/mol. The Morgan fingerprint density at radius 3 is 2.31 bits per heavy atom. The van der Waals surface area contributed by atoms with Gasteiger partial charge < -0.3 is 4.90 Å². The molecule has 1 unspecified atom stereocenters. The lowest BCUT2D eigenvalue weighted by Crippen LogP contribution is -2.40. The van der Waals surface area contributed by atoms with E-state index < -0.39 is 6.04 Å². The van der Waals surface area contributed by atoms with Crippen LogP contribution in [0.25, 0.3) is 0 Å². The second kappa shape index (κ2) is 9.00. The van der Waals surface area contributed by atoms with Crippen molar-refractivity contribution in [3.05, 3.63) is 69.7 Å². The maximum Gasteiger partial charge on any atom is 0.222 e. The lowest BCUT2D eigenvalue weighted by molar-refractivity contribution is -0.131. The molecule has 0 aromatic heterocycles. The van der Waals surface area contributed by atoms with E-state index in [1.165, 1.54) is 0 Å². The standard InChI is InChI=1S/C22H26ClNO2/c1-15-8-11-19(14-16(15)2)22(26)17(3)24(4)21(25)7-5-6-18-9-12-20(23)13-10-18/h8-14,17H,5-7H2,1-4H3. The number of rotatable bonds is 7. The van der Waals surface area contributed by atoms with Crippen molar-refractivity contribution >= 4 is 23.3 Å². The predicted octanol–water partition coefficient (Wildman–Crippen LogP) is 5.01. The molecule has 0 aliphatic rings. The van der Waals surface area contributed by atoms with Gasteiger partial charge in [-0.25, -0.2) is 0 Å². The number of likely N-dealkylation sites (N-methyl/N-ethyl adjacent to an activating group) is 1. The fraction of sp³-hybridized carbons (Fsp3) is 0.364. The Morgan fingerprint density at radius 2 is 1.69 bits per heavy atom. The first-order chi connectivity index (χ1) is 12.3. The number of nitrogens with zero attached hydrogens (tertiary/aromatic N) is 1. The number of aryl methyl sites for hydroxylation is 3. The first-order valence-electron chi connectivity index (χ1n) is 8.91. The van der Waals surface area contributed by atoms with Crippen LogP contribution in [0.15, 0.2) is 42.5 Å². The summed E-state index contributed by atoms with van der Waals surface area (Å²) in [6.07, 6.45) is 1.98. The van der Waals surface area contributed by atoms with Crippen LogP contribution in [0.5, 0.6) is 0 Å². The largest absolute Gasteiger partial charge is 0.336 e. The molecule has 0 radical (unpaired) electrons. The van der Waals surface area contributed by atoms with E-state index in [0.29, 0.717) is 17.0 Å². The van der Waals surface area contributed by atoms with Crippen LogP contribution in [0.3, 0.4) is 0 Å². The molecule has 0 heterocycles. The molecular formula is C22H26ClNO2. The number of carbonyl (C=O) groups excluding carboxylic acids is 2. The lowest BCUT2D eigenvalue weighted by atomic mass is 9.99. The minimum Gasteiger partial charge on any atom is -0.336 e. The van der Waals surface area contributed by atoms with E-state index >= 15 is 0 Å². The number of halogens is 1. The van der Waals surface area contributed by atoms with Gasteiger partial charge in [0.2, 0.25) is 5.91 Å². The van der Waals surface area contributed by atoms with E-state index in [4.69, 9.17) is 11.6 Å². The highest BCUT2D eigenvalue weighted by Crippen LogP contribution is 2.15. The van der Waals surface area contributed by atoms with Crippen molar-refractivity contribution in [3.8, 4) is 0 Å². The molecule has 0 aliphatic carbocycles. The van der Waals surface area contributed by atoms with Gasteiger partial charge in [0, 0.05) is 24.1 Å². The molecular weight excluding hydrogens is 346 g/mol. The van der Waals surface area contributed by atoms with Crippen molar-refractivity contribution in [2.24, 2.45) is 0 Å². The van der Waals surface area contributed by atoms with Crippen molar-refractivity contribution < 1.29 is 9.59 Å². The molecule has 0 aliphatic heterocycles. The van der Waals surface area contributed by atoms with Crippen LogP contribution in [0.2, 0.25) is 5.02 Å². The molecule has 2 rings (SSSR count). The Kier molecular flexibility index (Phi) is 6.98. The smallest absolute Gasteiger partial charge is 0.222 e. The molecule has 3 nitrogen and oxygen atoms in total. The summed E-state index contributed by atoms with van der Waals surface area (Å²) in [5.74, 6) is -0.0368. The second-order valence-corrected chi connectivity index (χ2v) is 7.26. The molecule has 0 saturated heterocycles. The van der Waals surface area contributed by atoms with E-state index in [9.17, 15) is 9.59 Å². The van der Waals surface area contributed by atoms with Crippen molar-refractivity contribution in [2.45, 2.75) is 46.1 Å². The van der Waals surface area contributed by atoms with Crippen LogP contribution in [0.4, 0.5) is 0 Å². The number of amides is 1. The summed E-state index contributed by atoms with van der Waals surface area (Å²) in [5.41, 5.74) is 4.05. The van der Waals surface area contributed by atoms with Gasteiger partial charge in [0.1, 0.15) is 0 Å². The quantitative estimate of drug-likeness (QED) is 0.641. The highest BCUT2D eigenvalue weighted by atomic mass is 35.5. The Bertz CT molecular complexity index is 783. The highest BCUT2D eigenvalue weighted by molar-refractivity contribution is 6.30. The molecule has 2 aromatic carbocycles. The van der Waals surface area contributed by atoms with Gasteiger partial charge in [0.25, 0.3) is 0 Å². The zero-order valence-corrected chi connectivity index (χ0v) is 16.6. The maximum absolute atomic E-state index is 12.7. The van der Waals surface area contributed by atoms with Crippen molar-refractivity contribution in [1.82, 2.24) is 4.90 Å². The zero-order valence-electron chi connectivity index (χ0n) is 15.9. The first-order valence-corrected chi connectivity index (χ1v) is 9.29. The zero-order chi connectivity index (χ0) is 19.3. The number of hydrogen-bond acceptors (Lipinski definition) is 2. The molecule has 1 amide bonds. The Hall–Kier alpha value is -2.13. The SMILES string of the molecule is Cc1ccc(C(=O)C(C)N(C)C(=O)CCCc2ccc(Cl)cc2)cc1C. The topological polar surface area (TPSA) is 37.4 Å². The van der Waals surface area contributed by atoms with Gasteiger partial charge >= 0.3 is 0 Å². The van der Waals surface area contributed by atoms with Crippen molar-refractivity contribution in [2.75, 3.05) is 7.05 Å². The van der Waals surface area contributed by atoms with Crippen LogP contribution in [-0.4, -0.2) is 29.7 Å². The number of carbonyl (C=O) groups is 2. The van der Waals surface area contributed by atoms with Crippen LogP contribution in [-0.2, 0) is 11.2 Å². The van der Waals surface area contributed by atoms with Gasteiger partial charge in [-0.2, -0.15) is 0 Å². The van der Waals surface area contributed by atoms with E-state index in [1.54, 1.807) is 18.9 Å². The summed E-state index contributed by atoms with van der Waals surface area (Å²) in [6.45, 7) is 5.79. The third kappa shape index (κ3) is 5.18. The van der Waals surface area contributed by atoms with Crippen molar-refractivity contribution in [1.29, 1.82) is 0 Å². The third-order valence-corrected chi connectivity index (χ3v) is 5.17. The Morgan fingerprint density at radius 1 is 1.04 bits per heavy atom. The Labute approximate surface area is 161 Å². The molecule has 4 heteroatoms. The molecule has 2 aromatic rings. The van der Waals surface area contributed by atoms with Crippen LogP contribution in [0, 0.1) is 13.8 Å². The van der Waals surface area contributed by atoms with Gasteiger partial charge in [0.05, 0.1) is 6.04 Å². The highest BCUT2D eigenvalue weighted by Gasteiger charge is 2.23. The molecule has 0 bridgehead atoms. The molecule has 1 atom stereocenters. The normalized spacial score (nSPS) is 11.9. The van der Waals surface area contributed by atoms with Gasteiger partial charge in [-0.3, -0.25) is 9.59 Å². The monoisotopic (exact) mass is 371 g/mol. The summed E-state index contributed by atoms with van der Waals surface area (Å²) < 4.78 is 0. The van der Waals surface area contributed by atoms with Gasteiger partial charge in [-0.1, -0.05) is 35.9 Å². The second-order valence-electron chi connectivity index (χ2n) is 6.82. The van der Waals surface area contributed by atoms with E-state index in [0.717, 1.165) is 29.5 Å². The van der Waals surface area contributed by atoms with E-state index in [2.05, 4.69) is 0 Å². The van der Waals surface area contributed by atoms with Gasteiger partial charge in [-0.05, 0) is 68.5 Å². The van der Waals surface area contributed by atoms with E-state index in [1.807, 2.05) is 56.3 Å². The van der Waals surface area contributed by atoms with E-state index in [-0.39, 0.29) is 11.7 Å². The van der Waals surface area contributed by atoms with Crippen LogP contribution < -0.4 is 0 Å². The summed E-state index contributed by atoms with van der Waals surface area (Å²) in [6, 6.07) is 12.9. The average molecular weight is 372 g/mol. The number of ketones is 1. The minimum absolute atomic E-state index is 0.0105. The molecule has 138 valence electrons. The summed E-state index contributed by atoms with van der Waals surface area (Å²) in [5, 5.41) is 0.711. The number of Topliss-reactive ketones (excluding diaryl/α,β-unsaturated/α-hetero) is 1. The van der Waals surface area contributed by atoms with Crippen LogP contribution in [0.1, 0.15) is 46.8 Å². The fourth-order valence-corrected chi connectivity index (χ4v) is 2.92. The van der Waals surface area contributed by atoms with Crippen LogP contribution >= 0.6 is 11.6 Å². The number of hydrogen-bond donors (Lipinski definition) is 0. The molecule has 0 spiro atoms.